The molecule has 1 aliphatic rings. The van der Waals surface area contributed by atoms with Crippen LogP contribution in [-0.4, -0.2) is 40.9 Å². The van der Waals surface area contributed by atoms with Gasteiger partial charge in [0.2, 0.25) is 5.54 Å². The molecular weight excluding hydrogens is 257 g/mol. The molecule has 0 aliphatic carbocycles. The summed E-state index contributed by atoms with van der Waals surface area (Å²) >= 11 is 3.86. The van der Waals surface area contributed by atoms with Gasteiger partial charge in [-0.15, -0.1) is 0 Å². The van der Waals surface area contributed by atoms with Crippen molar-refractivity contribution in [3.8, 4) is 0 Å². The Bertz CT molecular complexity index is 383. The summed E-state index contributed by atoms with van der Waals surface area (Å²) in [6.07, 6.45) is -4.84. The maximum atomic E-state index is 12.7. The van der Waals surface area contributed by atoms with Gasteiger partial charge in [0.1, 0.15) is 0 Å². The molecule has 0 aromatic carbocycles. The van der Waals surface area contributed by atoms with E-state index in [1.807, 2.05) is 0 Å². The fourth-order valence-corrected chi connectivity index (χ4v) is 1.41. The number of halogens is 3. The van der Waals surface area contributed by atoms with Crippen LogP contribution in [0.5, 0.6) is 0 Å². The topological polar surface area (TPSA) is 49.4 Å². The zero-order valence-corrected chi connectivity index (χ0v) is 9.86. The second-order valence-corrected chi connectivity index (χ2v) is 4.17. The van der Waals surface area contributed by atoms with Crippen molar-refractivity contribution in [2.75, 3.05) is 12.3 Å². The number of imide groups is 1. The number of amides is 3. The summed E-state index contributed by atoms with van der Waals surface area (Å²) in [4.78, 5) is 23.4. The lowest BCUT2D eigenvalue weighted by Gasteiger charge is -2.24. The largest absolute Gasteiger partial charge is 0.420 e. The molecule has 0 spiro atoms. The number of alkyl halides is 3. The molecule has 1 aliphatic heterocycles. The molecule has 0 radical (unpaired) electrons. The molecule has 1 N–H and O–H groups in total. The van der Waals surface area contributed by atoms with Gasteiger partial charge in [0, 0.05) is 5.75 Å². The number of thiol groups is 1. The Morgan fingerprint density at radius 2 is 2.06 bits per heavy atom. The summed E-state index contributed by atoms with van der Waals surface area (Å²) in [7, 11) is 0. The van der Waals surface area contributed by atoms with Crippen molar-refractivity contribution in [1.29, 1.82) is 0 Å². The molecule has 0 aromatic rings. The molecule has 4 nitrogen and oxygen atoms in total. The van der Waals surface area contributed by atoms with Crippen LogP contribution in [0.3, 0.4) is 0 Å². The van der Waals surface area contributed by atoms with Gasteiger partial charge in [0.15, 0.2) is 0 Å². The van der Waals surface area contributed by atoms with Crippen LogP contribution in [0.25, 0.3) is 0 Å². The molecule has 1 fully saturated rings. The number of carbonyl (C=O) groups excluding carboxylic acids is 2. The van der Waals surface area contributed by atoms with Crippen molar-refractivity contribution in [3.63, 3.8) is 0 Å². The minimum Gasteiger partial charge on any atom is -0.316 e. The van der Waals surface area contributed by atoms with E-state index in [4.69, 9.17) is 0 Å². The Morgan fingerprint density at radius 1 is 1.53 bits per heavy atom. The number of nitrogens with one attached hydrogen (secondary N) is 1. The number of carbonyl (C=O) groups is 2. The summed E-state index contributed by atoms with van der Waals surface area (Å²) < 4.78 is 38.0. The molecule has 0 bridgehead atoms. The van der Waals surface area contributed by atoms with E-state index in [2.05, 4.69) is 19.2 Å². The fraction of sp³-hybridized carbons (Fsp3) is 0.556. The second kappa shape index (κ2) is 4.25. The summed E-state index contributed by atoms with van der Waals surface area (Å²) in [5.41, 5.74) is -2.48. The Labute approximate surface area is 101 Å². The van der Waals surface area contributed by atoms with Gasteiger partial charge < -0.3 is 5.32 Å². The van der Waals surface area contributed by atoms with E-state index in [9.17, 15) is 22.8 Å². The molecule has 0 aromatic heterocycles. The normalized spacial score (nSPS) is 25.1. The average molecular weight is 268 g/mol. The van der Waals surface area contributed by atoms with Gasteiger partial charge in [-0.05, 0) is 12.5 Å². The van der Waals surface area contributed by atoms with Gasteiger partial charge in [-0.25, -0.2) is 4.79 Å². The highest BCUT2D eigenvalue weighted by Crippen LogP contribution is 2.35. The number of hydrogen-bond acceptors (Lipinski definition) is 3. The summed E-state index contributed by atoms with van der Waals surface area (Å²) in [6.45, 7) is 3.86. The summed E-state index contributed by atoms with van der Waals surface area (Å²) in [5.74, 6) is -1.14. The lowest BCUT2D eigenvalue weighted by Crippen LogP contribution is -2.56. The van der Waals surface area contributed by atoms with Crippen LogP contribution < -0.4 is 5.32 Å². The predicted molar refractivity (Wildman–Crippen MR) is 57.7 cm³/mol. The zero-order valence-electron chi connectivity index (χ0n) is 8.97. The summed E-state index contributed by atoms with van der Waals surface area (Å²) in [6, 6.07) is -1.07. The van der Waals surface area contributed by atoms with E-state index in [0.29, 0.717) is 17.4 Å². The highest BCUT2D eigenvalue weighted by Gasteiger charge is 2.64. The number of urea groups is 1. The van der Waals surface area contributed by atoms with Gasteiger partial charge in [0.25, 0.3) is 5.91 Å². The van der Waals surface area contributed by atoms with Gasteiger partial charge in [-0.3, -0.25) is 9.69 Å². The van der Waals surface area contributed by atoms with Crippen molar-refractivity contribution in [1.82, 2.24) is 10.2 Å². The van der Waals surface area contributed by atoms with Crippen molar-refractivity contribution < 1.29 is 22.8 Å². The molecule has 3 amide bonds. The number of hydrogen-bond donors (Lipinski definition) is 2. The predicted octanol–water partition coefficient (Wildman–Crippen LogP) is 1.35. The molecule has 1 atom stereocenters. The highest BCUT2D eigenvalue weighted by atomic mass is 32.1. The van der Waals surface area contributed by atoms with E-state index < -0.39 is 23.7 Å². The third-order valence-electron chi connectivity index (χ3n) is 2.45. The van der Waals surface area contributed by atoms with E-state index in [-0.39, 0.29) is 12.3 Å². The van der Waals surface area contributed by atoms with Gasteiger partial charge >= 0.3 is 12.2 Å². The summed E-state index contributed by atoms with van der Waals surface area (Å²) in [5, 5.41) is 1.65. The Balaban J connectivity index is 2.97. The molecule has 96 valence electrons. The third-order valence-corrected chi connectivity index (χ3v) is 2.89. The Morgan fingerprint density at radius 3 is 2.41 bits per heavy atom. The van der Waals surface area contributed by atoms with Crippen LogP contribution in [-0.2, 0) is 4.79 Å². The highest BCUT2D eigenvalue weighted by molar-refractivity contribution is 7.80. The lowest BCUT2D eigenvalue weighted by atomic mass is 10.0. The van der Waals surface area contributed by atoms with Crippen molar-refractivity contribution in [2.24, 2.45) is 0 Å². The first-order valence-corrected chi connectivity index (χ1v) is 5.25. The van der Waals surface area contributed by atoms with Gasteiger partial charge in [0.05, 0.1) is 6.54 Å². The van der Waals surface area contributed by atoms with Crippen LogP contribution in [0.4, 0.5) is 18.0 Å². The number of rotatable bonds is 3. The van der Waals surface area contributed by atoms with E-state index >= 15 is 0 Å². The Kier molecular flexibility index (Phi) is 3.47. The minimum absolute atomic E-state index is 0.180. The first-order chi connectivity index (χ1) is 7.63. The molecule has 8 heteroatoms. The first kappa shape index (κ1) is 13.9. The smallest absolute Gasteiger partial charge is 0.316 e. The monoisotopic (exact) mass is 268 g/mol. The minimum atomic E-state index is -4.84. The molecule has 0 saturated carbocycles. The third kappa shape index (κ3) is 2.26. The van der Waals surface area contributed by atoms with Crippen LogP contribution in [0.2, 0.25) is 0 Å². The molecule has 1 unspecified atom stereocenters. The van der Waals surface area contributed by atoms with Crippen molar-refractivity contribution in [3.05, 3.63) is 12.2 Å². The standard InChI is InChI=1S/C9H11F3N2O2S/c1-5(4-17)3-14-6(15)8(2,9(10,11)12)13-7(14)16/h17H,1,3-4H2,2H3,(H,13,16). The van der Waals surface area contributed by atoms with Crippen LogP contribution in [0.1, 0.15) is 6.92 Å². The SMILES string of the molecule is C=C(CS)CN1C(=O)NC(C)(C(F)(F)F)C1=O. The van der Waals surface area contributed by atoms with Crippen molar-refractivity contribution in [2.45, 2.75) is 18.6 Å². The average Bonchev–Trinajstić information content (AvgIpc) is 2.42. The van der Waals surface area contributed by atoms with Crippen LogP contribution >= 0.6 is 12.6 Å². The molecular formula is C9H11F3N2O2S. The van der Waals surface area contributed by atoms with E-state index in [0.717, 1.165) is 0 Å². The second-order valence-electron chi connectivity index (χ2n) is 3.85. The maximum absolute atomic E-state index is 12.7. The van der Waals surface area contributed by atoms with Crippen molar-refractivity contribution >= 4 is 24.6 Å². The quantitative estimate of drug-likeness (QED) is 0.461. The van der Waals surface area contributed by atoms with E-state index in [1.165, 1.54) is 0 Å². The zero-order chi connectivity index (χ0) is 13.4. The molecule has 1 heterocycles. The van der Waals surface area contributed by atoms with Crippen LogP contribution in [0, 0.1) is 0 Å². The maximum Gasteiger partial charge on any atom is 0.420 e. The lowest BCUT2D eigenvalue weighted by molar-refractivity contribution is -0.190. The molecule has 1 rings (SSSR count). The number of nitrogens with zero attached hydrogens (tertiary/aromatic N) is 1. The van der Waals surface area contributed by atoms with Gasteiger partial charge in [-0.2, -0.15) is 25.8 Å². The fourth-order valence-electron chi connectivity index (χ4n) is 1.31. The Hall–Kier alpha value is -1.18. The van der Waals surface area contributed by atoms with Gasteiger partial charge in [-0.1, -0.05) is 6.58 Å². The molecule has 1 saturated heterocycles. The first-order valence-electron chi connectivity index (χ1n) is 4.62. The van der Waals surface area contributed by atoms with Crippen LogP contribution in [0.15, 0.2) is 12.2 Å². The molecule has 17 heavy (non-hydrogen) atoms. The van der Waals surface area contributed by atoms with E-state index in [1.54, 1.807) is 5.32 Å².